The molecule has 1 saturated heterocycles. The zero-order valence-electron chi connectivity index (χ0n) is 8.88. The zero-order chi connectivity index (χ0) is 11.5. The van der Waals surface area contributed by atoms with Gasteiger partial charge in [-0.1, -0.05) is 13.8 Å². The van der Waals surface area contributed by atoms with Gasteiger partial charge in [-0.15, -0.1) is 0 Å². The van der Waals surface area contributed by atoms with Crippen LogP contribution < -0.4 is 5.84 Å². The molecular formula is C10H15N3O2. The molecule has 0 radical (unpaired) electrons. The van der Waals surface area contributed by atoms with Crippen LogP contribution in [-0.4, -0.2) is 29.5 Å². The van der Waals surface area contributed by atoms with E-state index in [-0.39, 0.29) is 11.5 Å². The molecule has 1 atom stereocenters. The van der Waals surface area contributed by atoms with Crippen molar-refractivity contribution in [3.05, 3.63) is 12.3 Å². The van der Waals surface area contributed by atoms with Gasteiger partial charge in [0.2, 0.25) is 0 Å². The van der Waals surface area contributed by atoms with Crippen molar-refractivity contribution in [1.82, 2.24) is 5.01 Å². The molecule has 5 nitrogen and oxygen atoms in total. The van der Waals surface area contributed by atoms with E-state index in [4.69, 9.17) is 5.84 Å². The van der Waals surface area contributed by atoms with Crippen LogP contribution in [0.15, 0.2) is 17.3 Å². The minimum Gasteiger partial charge on any atom is -0.301 e. The third-order valence-electron chi connectivity index (χ3n) is 2.45. The maximum absolute atomic E-state index is 10.7. The van der Waals surface area contributed by atoms with E-state index >= 15 is 0 Å². The van der Waals surface area contributed by atoms with E-state index in [0.29, 0.717) is 18.5 Å². The monoisotopic (exact) mass is 209 g/mol. The number of nitrogens with zero attached hydrogens (tertiary/aromatic N) is 2. The molecule has 0 aromatic carbocycles. The van der Waals surface area contributed by atoms with Crippen LogP contribution >= 0.6 is 0 Å². The molecule has 1 fully saturated rings. The highest BCUT2D eigenvalue weighted by atomic mass is 16.1. The molecule has 0 aliphatic carbocycles. The quantitative estimate of drug-likeness (QED) is 0.411. The second-order valence-electron chi connectivity index (χ2n) is 4.13. The van der Waals surface area contributed by atoms with Crippen molar-refractivity contribution in [2.45, 2.75) is 26.3 Å². The number of allylic oxidation sites excluding steroid dienone is 1. The third-order valence-corrected chi connectivity index (χ3v) is 2.45. The van der Waals surface area contributed by atoms with Crippen LogP contribution in [0.25, 0.3) is 0 Å². The molecule has 1 aliphatic heterocycles. The fourth-order valence-electron chi connectivity index (χ4n) is 1.72. The van der Waals surface area contributed by atoms with Crippen LogP contribution in [0.3, 0.4) is 0 Å². The SMILES string of the molecule is CC1(C)CC(C=O)N(N)C1=N/C=C\C=O. The average molecular weight is 209 g/mol. The van der Waals surface area contributed by atoms with E-state index < -0.39 is 0 Å². The fourth-order valence-corrected chi connectivity index (χ4v) is 1.72. The van der Waals surface area contributed by atoms with Gasteiger partial charge in [0.1, 0.15) is 24.4 Å². The Morgan fingerprint density at radius 2 is 2.20 bits per heavy atom. The summed E-state index contributed by atoms with van der Waals surface area (Å²) in [7, 11) is 0. The summed E-state index contributed by atoms with van der Waals surface area (Å²) in [5.74, 6) is 6.36. The molecule has 0 amide bonds. The van der Waals surface area contributed by atoms with E-state index in [9.17, 15) is 9.59 Å². The highest BCUT2D eigenvalue weighted by molar-refractivity contribution is 5.93. The Kier molecular flexibility index (Phi) is 3.36. The standard InChI is InChI=1S/C10H15N3O2/c1-10(2)6-8(7-15)13(11)9(10)12-4-3-5-14/h3-5,7-8H,6,11H2,1-2H3/b4-3-,12-9?. The number of carbonyl (C=O) groups excluding carboxylic acids is 2. The molecule has 2 N–H and O–H groups in total. The first-order valence-corrected chi connectivity index (χ1v) is 4.71. The summed E-state index contributed by atoms with van der Waals surface area (Å²) in [4.78, 5) is 24.9. The van der Waals surface area contributed by atoms with E-state index in [0.717, 1.165) is 6.29 Å². The number of hydrogen-bond acceptors (Lipinski definition) is 4. The van der Waals surface area contributed by atoms with Gasteiger partial charge in [0.25, 0.3) is 0 Å². The van der Waals surface area contributed by atoms with Crippen molar-refractivity contribution in [2.24, 2.45) is 16.3 Å². The molecule has 1 heterocycles. The first-order chi connectivity index (χ1) is 7.03. The second-order valence-corrected chi connectivity index (χ2v) is 4.13. The fraction of sp³-hybridized carbons (Fsp3) is 0.500. The normalized spacial score (nSPS) is 27.5. The van der Waals surface area contributed by atoms with E-state index in [1.165, 1.54) is 17.3 Å². The van der Waals surface area contributed by atoms with Crippen LogP contribution in [0.4, 0.5) is 0 Å². The van der Waals surface area contributed by atoms with E-state index in [1.807, 2.05) is 13.8 Å². The summed E-state index contributed by atoms with van der Waals surface area (Å²) in [6, 6.07) is -0.330. The van der Waals surface area contributed by atoms with Gasteiger partial charge in [-0.25, -0.2) is 10.8 Å². The molecule has 0 bridgehead atoms. The molecule has 0 spiro atoms. The first kappa shape index (κ1) is 11.6. The summed E-state index contributed by atoms with van der Waals surface area (Å²) >= 11 is 0. The Hall–Kier alpha value is -1.49. The Balaban J connectivity index is 2.95. The third kappa shape index (κ3) is 2.30. The van der Waals surface area contributed by atoms with Gasteiger partial charge < -0.3 is 4.79 Å². The molecule has 0 aromatic rings. The molecule has 0 saturated carbocycles. The highest BCUT2D eigenvalue weighted by Gasteiger charge is 2.41. The van der Waals surface area contributed by atoms with Crippen LogP contribution in [-0.2, 0) is 9.59 Å². The number of aliphatic imine (C=N–C) groups is 1. The number of amidine groups is 1. The van der Waals surface area contributed by atoms with Gasteiger partial charge >= 0.3 is 0 Å². The Bertz CT molecular complexity index is 321. The lowest BCUT2D eigenvalue weighted by Crippen LogP contribution is -2.41. The largest absolute Gasteiger partial charge is 0.301 e. The molecule has 5 heteroatoms. The van der Waals surface area contributed by atoms with Crippen molar-refractivity contribution < 1.29 is 9.59 Å². The van der Waals surface area contributed by atoms with E-state index in [2.05, 4.69) is 4.99 Å². The summed E-state index contributed by atoms with van der Waals surface area (Å²) in [6.07, 6.45) is 4.76. The topological polar surface area (TPSA) is 75.8 Å². The molecule has 82 valence electrons. The lowest BCUT2D eigenvalue weighted by atomic mass is 9.89. The minimum atomic E-state index is -0.330. The second kappa shape index (κ2) is 4.35. The predicted octanol–water partition coefficient (Wildman–Crippen LogP) is 0.271. The molecule has 1 aliphatic rings. The summed E-state index contributed by atoms with van der Waals surface area (Å²) in [6.45, 7) is 3.92. The summed E-state index contributed by atoms with van der Waals surface area (Å²) in [5, 5.41) is 1.36. The smallest absolute Gasteiger partial charge is 0.144 e. The molecule has 1 unspecified atom stereocenters. The van der Waals surface area contributed by atoms with Crippen LogP contribution in [0.2, 0.25) is 0 Å². The molecule has 15 heavy (non-hydrogen) atoms. The summed E-state index contributed by atoms with van der Waals surface area (Å²) in [5.41, 5.74) is -0.243. The van der Waals surface area contributed by atoms with Crippen LogP contribution in [0.1, 0.15) is 20.3 Å². The van der Waals surface area contributed by atoms with Crippen LogP contribution in [0.5, 0.6) is 0 Å². The lowest BCUT2D eigenvalue weighted by Gasteiger charge is -2.20. The van der Waals surface area contributed by atoms with Gasteiger partial charge in [-0.05, 0) is 12.5 Å². The number of rotatable bonds is 3. The number of aldehydes is 2. The van der Waals surface area contributed by atoms with Gasteiger partial charge in [0.05, 0.1) is 0 Å². The maximum Gasteiger partial charge on any atom is 0.144 e. The van der Waals surface area contributed by atoms with Crippen molar-refractivity contribution in [1.29, 1.82) is 0 Å². The van der Waals surface area contributed by atoms with Crippen molar-refractivity contribution in [3.63, 3.8) is 0 Å². The maximum atomic E-state index is 10.7. The van der Waals surface area contributed by atoms with Crippen molar-refractivity contribution in [2.75, 3.05) is 0 Å². The highest BCUT2D eigenvalue weighted by Crippen LogP contribution is 2.33. The number of hydrogen-bond donors (Lipinski definition) is 1. The minimum absolute atomic E-state index is 0.243. The predicted molar refractivity (Wildman–Crippen MR) is 56.9 cm³/mol. The van der Waals surface area contributed by atoms with E-state index in [1.54, 1.807) is 0 Å². The van der Waals surface area contributed by atoms with Gasteiger partial charge in [0.15, 0.2) is 0 Å². The first-order valence-electron chi connectivity index (χ1n) is 4.71. The number of hydrazine groups is 1. The molecule has 0 aromatic heterocycles. The van der Waals surface area contributed by atoms with Crippen molar-refractivity contribution in [3.8, 4) is 0 Å². The Morgan fingerprint density at radius 1 is 1.53 bits per heavy atom. The number of carbonyl (C=O) groups is 2. The number of nitrogens with two attached hydrogens (primary N) is 1. The van der Waals surface area contributed by atoms with Crippen molar-refractivity contribution >= 4 is 18.4 Å². The van der Waals surface area contributed by atoms with Gasteiger partial charge in [0, 0.05) is 11.6 Å². The molecule has 1 rings (SSSR count). The Labute approximate surface area is 88.6 Å². The molecular weight excluding hydrogens is 194 g/mol. The van der Waals surface area contributed by atoms with Gasteiger partial charge in [-0.3, -0.25) is 9.80 Å². The van der Waals surface area contributed by atoms with Gasteiger partial charge in [-0.2, -0.15) is 0 Å². The zero-order valence-corrected chi connectivity index (χ0v) is 8.88. The Morgan fingerprint density at radius 3 is 2.67 bits per heavy atom. The average Bonchev–Trinajstić information content (AvgIpc) is 2.40. The lowest BCUT2D eigenvalue weighted by molar-refractivity contribution is -0.111. The van der Waals surface area contributed by atoms with Crippen LogP contribution in [0, 0.1) is 5.41 Å². The summed E-state index contributed by atoms with van der Waals surface area (Å²) < 4.78 is 0.